The fourth-order valence-electron chi connectivity index (χ4n) is 1.75. The van der Waals surface area contributed by atoms with Crippen LogP contribution in [0.5, 0.6) is 0 Å². The molecule has 1 aromatic carbocycles. The Morgan fingerprint density at radius 3 is 2.75 bits per heavy atom. The summed E-state index contributed by atoms with van der Waals surface area (Å²) in [5, 5.41) is 0. The first kappa shape index (κ1) is 7.81. The van der Waals surface area contributed by atoms with Gasteiger partial charge in [0.1, 0.15) is 0 Å². The second-order valence-corrected chi connectivity index (χ2v) is 3.29. The van der Waals surface area contributed by atoms with Crippen molar-refractivity contribution in [3.8, 4) is 0 Å². The summed E-state index contributed by atoms with van der Waals surface area (Å²) in [6.45, 7) is 7.08. The zero-order valence-corrected chi connectivity index (χ0v) is 7.29. The summed E-state index contributed by atoms with van der Waals surface area (Å²) in [6, 6.07) is 8.69. The molecule has 1 nitrogen and oxygen atoms in total. The summed E-state index contributed by atoms with van der Waals surface area (Å²) in [6.07, 6.45) is 1.19. The van der Waals surface area contributed by atoms with Gasteiger partial charge in [-0.25, -0.2) is 0 Å². The molecule has 0 fully saturated rings. The van der Waals surface area contributed by atoms with E-state index in [1.807, 2.05) is 0 Å². The van der Waals surface area contributed by atoms with Gasteiger partial charge >= 0.3 is 0 Å². The monoisotopic (exact) mass is 160 g/mol. The number of hydrogen-bond acceptors (Lipinski definition) is 1. The molecule has 0 spiro atoms. The van der Waals surface area contributed by atoms with E-state index < -0.39 is 0 Å². The molecule has 12 heavy (non-hydrogen) atoms. The van der Waals surface area contributed by atoms with E-state index in [0.29, 0.717) is 0 Å². The van der Waals surface area contributed by atoms with Gasteiger partial charge in [0.2, 0.25) is 0 Å². The lowest BCUT2D eigenvalue weighted by atomic mass is 10.0. The van der Waals surface area contributed by atoms with Crippen molar-refractivity contribution in [1.29, 1.82) is 0 Å². The Bertz CT molecular complexity index is 267. The molecule has 2 rings (SSSR count). The first-order chi connectivity index (χ1) is 5.90. The molecule has 0 aliphatic carbocycles. The maximum Gasteiger partial charge on any atom is 0.0236 e. The van der Waals surface area contributed by atoms with Crippen LogP contribution in [0.25, 0.3) is 0 Å². The number of hydrogen-bond donors (Lipinski definition) is 0. The SMILES string of the molecule is [CH2]CN1CCc2ccccc2C1. The van der Waals surface area contributed by atoms with Gasteiger partial charge in [-0.2, -0.15) is 0 Å². The van der Waals surface area contributed by atoms with Crippen molar-refractivity contribution in [3.05, 3.63) is 42.3 Å². The van der Waals surface area contributed by atoms with E-state index in [1.54, 1.807) is 0 Å². The molecule has 1 aliphatic rings. The quantitative estimate of drug-likeness (QED) is 0.606. The highest BCUT2D eigenvalue weighted by Crippen LogP contribution is 2.17. The van der Waals surface area contributed by atoms with Crippen LogP contribution in [0.2, 0.25) is 0 Å². The van der Waals surface area contributed by atoms with Gasteiger partial charge in [-0.15, -0.1) is 0 Å². The normalized spacial score (nSPS) is 17.4. The van der Waals surface area contributed by atoms with Crippen molar-refractivity contribution in [2.45, 2.75) is 13.0 Å². The number of nitrogens with zero attached hydrogens (tertiary/aromatic N) is 1. The minimum absolute atomic E-state index is 0.925. The van der Waals surface area contributed by atoms with E-state index in [-0.39, 0.29) is 0 Å². The van der Waals surface area contributed by atoms with Gasteiger partial charge in [-0.3, -0.25) is 4.90 Å². The fraction of sp³-hybridized carbons (Fsp3) is 0.364. The molecule has 0 saturated carbocycles. The topological polar surface area (TPSA) is 3.24 Å². The van der Waals surface area contributed by atoms with Crippen LogP contribution in [0.15, 0.2) is 24.3 Å². The van der Waals surface area contributed by atoms with Crippen LogP contribution in [-0.2, 0) is 13.0 Å². The van der Waals surface area contributed by atoms with E-state index in [1.165, 1.54) is 24.1 Å². The van der Waals surface area contributed by atoms with Gasteiger partial charge in [0.15, 0.2) is 0 Å². The third-order valence-electron chi connectivity index (χ3n) is 2.53. The maximum atomic E-state index is 3.91. The zero-order chi connectivity index (χ0) is 8.39. The highest BCUT2D eigenvalue weighted by Gasteiger charge is 2.12. The van der Waals surface area contributed by atoms with E-state index in [2.05, 4.69) is 36.1 Å². The van der Waals surface area contributed by atoms with Crippen molar-refractivity contribution in [3.63, 3.8) is 0 Å². The summed E-state index contributed by atoms with van der Waals surface area (Å²) >= 11 is 0. The van der Waals surface area contributed by atoms with Gasteiger partial charge in [0.25, 0.3) is 0 Å². The molecule has 0 bridgehead atoms. The van der Waals surface area contributed by atoms with Crippen molar-refractivity contribution in [1.82, 2.24) is 4.90 Å². The second kappa shape index (κ2) is 3.28. The molecule has 0 aromatic heterocycles. The van der Waals surface area contributed by atoms with Crippen LogP contribution in [0.4, 0.5) is 0 Å². The predicted octanol–water partition coefficient (Wildman–Crippen LogP) is 1.88. The van der Waals surface area contributed by atoms with E-state index >= 15 is 0 Å². The van der Waals surface area contributed by atoms with Gasteiger partial charge in [0, 0.05) is 13.1 Å². The number of benzene rings is 1. The third kappa shape index (κ3) is 1.37. The molecular weight excluding hydrogens is 146 g/mol. The average Bonchev–Trinajstić information content (AvgIpc) is 2.17. The summed E-state index contributed by atoms with van der Waals surface area (Å²) in [7, 11) is 0. The van der Waals surface area contributed by atoms with Crippen LogP contribution in [0.3, 0.4) is 0 Å². The highest BCUT2D eigenvalue weighted by molar-refractivity contribution is 5.28. The summed E-state index contributed by atoms with van der Waals surface area (Å²) in [4.78, 5) is 2.38. The van der Waals surface area contributed by atoms with E-state index in [0.717, 1.165) is 13.1 Å². The van der Waals surface area contributed by atoms with Crippen LogP contribution >= 0.6 is 0 Å². The summed E-state index contributed by atoms with van der Waals surface area (Å²) < 4.78 is 0. The first-order valence-corrected chi connectivity index (χ1v) is 4.48. The maximum absolute atomic E-state index is 3.91. The van der Waals surface area contributed by atoms with Gasteiger partial charge in [-0.05, 0) is 31.0 Å². The lowest BCUT2D eigenvalue weighted by Crippen LogP contribution is -2.30. The lowest BCUT2D eigenvalue weighted by Gasteiger charge is -2.27. The number of fused-ring (bicyclic) bond motifs is 1. The molecule has 1 heteroatoms. The average molecular weight is 160 g/mol. The summed E-state index contributed by atoms with van der Waals surface area (Å²) in [5.41, 5.74) is 3.00. The minimum atomic E-state index is 0.925. The Hall–Kier alpha value is -0.820. The van der Waals surface area contributed by atoms with Crippen molar-refractivity contribution >= 4 is 0 Å². The van der Waals surface area contributed by atoms with Crippen LogP contribution in [0, 0.1) is 6.92 Å². The van der Waals surface area contributed by atoms with Crippen molar-refractivity contribution < 1.29 is 0 Å². The Morgan fingerprint density at radius 1 is 1.25 bits per heavy atom. The molecule has 0 N–H and O–H groups in total. The molecule has 0 amide bonds. The second-order valence-electron chi connectivity index (χ2n) is 3.29. The predicted molar refractivity (Wildman–Crippen MR) is 50.8 cm³/mol. The van der Waals surface area contributed by atoms with E-state index in [4.69, 9.17) is 0 Å². The number of rotatable bonds is 1. The molecule has 1 aliphatic heterocycles. The first-order valence-electron chi connectivity index (χ1n) is 4.48. The molecular formula is C11H14N. The molecule has 63 valence electrons. The smallest absolute Gasteiger partial charge is 0.0236 e. The molecule has 0 atom stereocenters. The van der Waals surface area contributed by atoms with Gasteiger partial charge in [0.05, 0.1) is 0 Å². The largest absolute Gasteiger partial charge is 0.299 e. The summed E-state index contributed by atoms with van der Waals surface area (Å²) in [5.74, 6) is 0. The third-order valence-corrected chi connectivity index (χ3v) is 2.53. The van der Waals surface area contributed by atoms with E-state index in [9.17, 15) is 0 Å². The Balaban J connectivity index is 2.23. The van der Waals surface area contributed by atoms with Crippen LogP contribution < -0.4 is 0 Å². The standard InChI is InChI=1S/C11H14N/c1-2-12-8-7-10-5-3-4-6-11(10)9-12/h3-6H,1-2,7-9H2. The van der Waals surface area contributed by atoms with Gasteiger partial charge in [-0.1, -0.05) is 24.3 Å². The van der Waals surface area contributed by atoms with Crippen molar-refractivity contribution in [2.75, 3.05) is 13.1 Å². The lowest BCUT2D eigenvalue weighted by molar-refractivity contribution is 0.280. The zero-order valence-electron chi connectivity index (χ0n) is 7.29. The highest BCUT2D eigenvalue weighted by atomic mass is 15.1. The Morgan fingerprint density at radius 2 is 2.00 bits per heavy atom. The molecule has 1 radical (unpaired) electrons. The van der Waals surface area contributed by atoms with Crippen LogP contribution in [0.1, 0.15) is 11.1 Å². The minimum Gasteiger partial charge on any atom is -0.299 e. The van der Waals surface area contributed by atoms with Crippen molar-refractivity contribution in [2.24, 2.45) is 0 Å². The Kier molecular flexibility index (Phi) is 2.13. The van der Waals surface area contributed by atoms with Crippen LogP contribution in [-0.4, -0.2) is 18.0 Å². The molecule has 1 aromatic rings. The Labute approximate surface area is 74.0 Å². The van der Waals surface area contributed by atoms with Gasteiger partial charge < -0.3 is 0 Å². The molecule has 1 heterocycles. The fourth-order valence-corrected chi connectivity index (χ4v) is 1.75. The molecule has 0 unspecified atom stereocenters. The molecule has 0 saturated heterocycles.